The Morgan fingerprint density at radius 2 is 2.57 bits per heavy atom. The standard InChI is InChI=1S/C9H9N2O2S/c1-13-11-8(6-12)7-14-9-4-2-3-5-10-9/h2-5H,7H2,1H3. The summed E-state index contributed by atoms with van der Waals surface area (Å²) in [6.07, 6.45) is 3.39. The second-order valence-electron chi connectivity index (χ2n) is 2.28. The first-order valence-corrected chi connectivity index (χ1v) is 4.87. The third-order valence-corrected chi connectivity index (χ3v) is 2.27. The van der Waals surface area contributed by atoms with Crippen LogP contribution in [-0.4, -0.2) is 29.8 Å². The van der Waals surface area contributed by atoms with Crippen LogP contribution in [0, 0.1) is 0 Å². The van der Waals surface area contributed by atoms with E-state index in [1.165, 1.54) is 18.9 Å². The molecule has 0 bridgehead atoms. The van der Waals surface area contributed by atoms with E-state index >= 15 is 0 Å². The van der Waals surface area contributed by atoms with Crippen LogP contribution in [0.5, 0.6) is 0 Å². The summed E-state index contributed by atoms with van der Waals surface area (Å²) in [5.74, 6) is 0.411. The van der Waals surface area contributed by atoms with Crippen molar-refractivity contribution in [3.05, 3.63) is 24.4 Å². The van der Waals surface area contributed by atoms with Gasteiger partial charge in [0.15, 0.2) is 0 Å². The summed E-state index contributed by atoms with van der Waals surface area (Å²) < 4.78 is 0. The minimum atomic E-state index is 0.239. The van der Waals surface area contributed by atoms with E-state index in [0.717, 1.165) is 5.03 Å². The first kappa shape index (κ1) is 10.7. The molecule has 0 spiro atoms. The molecule has 73 valence electrons. The Morgan fingerprint density at radius 3 is 3.14 bits per heavy atom. The Bertz CT molecular complexity index is 314. The number of carbonyl (C=O) groups excluding carboxylic acids is 1. The van der Waals surface area contributed by atoms with Gasteiger partial charge in [-0.1, -0.05) is 23.0 Å². The lowest BCUT2D eigenvalue weighted by molar-refractivity contribution is 0.214. The van der Waals surface area contributed by atoms with E-state index in [0.29, 0.717) is 5.75 Å². The lowest BCUT2D eigenvalue weighted by atomic mass is 10.5. The topological polar surface area (TPSA) is 51.5 Å². The second-order valence-corrected chi connectivity index (χ2v) is 3.27. The van der Waals surface area contributed by atoms with E-state index in [2.05, 4.69) is 15.0 Å². The predicted octanol–water partition coefficient (Wildman–Crippen LogP) is 1.29. The predicted molar refractivity (Wildman–Crippen MR) is 55.1 cm³/mol. The zero-order chi connectivity index (χ0) is 10.2. The second kappa shape index (κ2) is 6.15. The van der Waals surface area contributed by atoms with Gasteiger partial charge in [-0.2, -0.15) is 0 Å². The van der Waals surface area contributed by atoms with Gasteiger partial charge in [0.05, 0.1) is 5.03 Å². The summed E-state index contributed by atoms with van der Waals surface area (Å²) >= 11 is 1.41. The first-order valence-electron chi connectivity index (χ1n) is 3.89. The van der Waals surface area contributed by atoms with E-state index < -0.39 is 0 Å². The van der Waals surface area contributed by atoms with Gasteiger partial charge >= 0.3 is 0 Å². The molecule has 0 aliphatic rings. The van der Waals surface area contributed by atoms with Gasteiger partial charge in [-0.3, -0.25) is 4.79 Å². The molecule has 1 heterocycles. The maximum absolute atomic E-state index is 10.3. The molecule has 0 saturated heterocycles. The van der Waals surface area contributed by atoms with Crippen LogP contribution in [0.2, 0.25) is 0 Å². The van der Waals surface area contributed by atoms with Crippen LogP contribution < -0.4 is 0 Å². The molecule has 0 aliphatic heterocycles. The maximum atomic E-state index is 10.3. The fraction of sp³-hybridized carbons (Fsp3) is 0.222. The molecule has 14 heavy (non-hydrogen) atoms. The molecule has 5 heteroatoms. The summed E-state index contributed by atoms with van der Waals surface area (Å²) in [5.41, 5.74) is 0.239. The molecule has 1 rings (SSSR count). The monoisotopic (exact) mass is 209 g/mol. The number of nitrogens with zero attached hydrogens (tertiary/aromatic N) is 2. The molecule has 1 aromatic rings. The molecule has 0 saturated carbocycles. The summed E-state index contributed by atoms with van der Waals surface area (Å²) in [7, 11) is 1.39. The number of oxime groups is 1. The van der Waals surface area contributed by atoms with Crippen LogP contribution in [0.4, 0.5) is 0 Å². The van der Waals surface area contributed by atoms with Crippen LogP contribution in [0.15, 0.2) is 34.6 Å². The molecule has 0 atom stereocenters. The van der Waals surface area contributed by atoms with Crippen LogP contribution in [0.1, 0.15) is 0 Å². The van der Waals surface area contributed by atoms with Crippen LogP contribution in [0.25, 0.3) is 0 Å². The quantitative estimate of drug-likeness (QED) is 0.416. The average Bonchev–Trinajstić information content (AvgIpc) is 2.25. The summed E-state index contributed by atoms with van der Waals surface area (Å²) in [4.78, 5) is 18.9. The molecule has 0 N–H and O–H groups in total. The molecular formula is C9H9N2O2S. The van der Waals surface area contributed by atoms with Gasteiger partial charge < -0.3 is 4.84 Å². The summed E-state index contributed by atoms with van der Waals surface area (Å²) in [5, 5.41) is 4.34. The Balaban J connectivity index is 2.48. The third kappa shape index (κ3) is 3.57. The Kier molecular flexibility index (Phi) is 4.71. The molecule has 0 aliphatic carbocycles. The minimum absolute atomic E-state index is 0.239. The molecule has 1 radical (unpaired) electrons. The van der Waals surface area contributed by atoms with Crippen molar-refractivity contribution in [3.8, 4) is 0 Å². The van der Waals surface area contributed by atoms with Crippen LogP contribution in [-0.2, 0) is 9.63 Å². The molecule has 0 unspecified atom stereocenters. The Morgan fingerprint density at radius 1 is 1.71 bits per heavy atom. The molecule has 0 amide bonds. The lowest BCUT2D eigenvalue weighted by Crippen LogP contribution is -2.03. The molecular weight excluding hydrogens is 200 g/mol. The zero-order valence-corrected chi connectivity index (χ0v) is 8.45. The molecule has 0 fully saturated rings. The van der Waals surface area contributed by atoms with Gasteiger partial charge in [-0.05, 0) is 12.1 Å². The average molecular weight is 209 g/mol. The van der Waals surface area contributed by atoms with E-state index in [1.54, 1.807) is 12.5 Å². The van der Waals surface area contributed by atoms with Crippen molar-refractivity contribution in [2.75, 3.05) is 12.9 Å². The fourth-order valence-electron chi connectivity index (χ4n) is 0.759. The van der Waals surface area contributed by atoms with Crippen molar-refractivity contribution >= 4 is 23.8 Å². The SMILES string of the molecule is CON=C([C]=O)CSc1ccccn1. The van der Waals surface area contributed by atoms with Crippen LogP contribution in [0.3, 0.4) is 0 Å². The van der Waals surface area contributed by atoms with Crippen molar-refractivity contribution in [1.29, 1.82) is 0 Å². The highest BCUT2D eigenvalue weighted by molar-refractivity contribution is 8.00. The largest absolute Gasteiger partial charge is 0.399 e. The highest BCUT2D eigenvalue weighted by atomic mass is 32.2. The van der Waals surface area contributed by atoms with Gasteiger partial charge in [-0.15, -0.1) is 0 Å². The number of hydrogen-bond donors (Lipinski definition) is 0. The van der Waals surface area contributed by atoms with E-state index in [9.17, 15) is 4.79 Å². The van der Waals surface area contributed by atoms with Gasteiger partial charge in [0, 0.05) is 11.9 Å². The number of aromatic nitrogens is 1. The normalized spacial score (nSPS) is 11.1. The summed E-state index contributed by atoms with van der Waals surface area (Å²) in [6, 6.07) is 5.58. The highest BCUT2D eigenvalue weighted by Gasteiger charge is 2.01. The smallest absolute Gasteiger partial charge is 0.253 e. The van der Waals surface area contributed by atoms with Crippen molar-refractivity contribution in [1.82, 2.24) is 4.98 Å². The number of hydrogen-bond acceptors (Lipinski definition) is 5. The Labute approximate surface area is 86.4 Å². The van der Waals surface area contributed by atoms with Gasteiger partial charge in [0.1, 0.15) is 12.8 Å². The number of pyridine rings is 1. The molecule has 4 nitrogen and oxygen atoms in total. The van der Waals surface area contributed by atoms with E-state index in [-0.39, 0.29) is 5.71 Å². The summed E-state index contributed by atoms with van der Waals surface area (Å²) in [6.45, 7) is 0. The van der Waals surface area contributed by atoms with Crippen LogP contribution >= 0.6 is 11.8 Å². The fourth-order valence-corrected chi connectivity index (χ4v) is 1.47. The minimum Gasteiger partial charge on any atom is -0.399 e. The lowest BCUT2D eigenvalue weighted by Gasteiger charge is -1.97. The maximum Gasteiger partial charge on any atom is 0.253 e. The van der Waals surface area contributed by atoms with E-state index in [1.807, 2.05) is 18.2 Å². The Hall–Kier alpha value is -1.36. The van der Waals surface area contributed by atoms with Gasteiger partial charge in [0.2, 0.25) is 0 Å². The van der Waals surface area contributed by atoms with Crippen molar-refractivity contribution in [3.63, 3.8) is 0 Å². The number of thioether (sulfide) groups is 1. The van der Waals surface area contributed by atoms with Crippen molar-refractivity contribution < 1.29 is 9.63 Å². The number of rotatable bonds is 5. The van der Waals surface area contributed by atoms with E-state index in [4.69, 9.17) is 0 Å². The van der Waals surface area contributed by atoms with Crippen molar-refractivity contribution in [2.24, 2.45) is 5.16 Å². The zero-order valence-electron chi connectivity index (χ0n) is 7.64. The molecule has 0 aromatic carbocycles. The van der Waals surface area contributed by atoms with Gasteiger partial charge in [-0.25, -0.2) is 4.98 Å². The van der Waals surface area contributed by atoms with Gasteiger partial charge in [0.25, 0.3) is 6.29 Å². The first-order chi connectivity index (χ1) is 6.86. The van der Waals surface area contributed by atoms with Crippen molar-refractivity contribution in [2.45, 2.75) is 5.03 Å². The third-order valence-electron chi connectivity index (χ3n) is 1.31. The molecule has 1 aromatic heterocycles. The highest BCUT2D eigenvalue weighted by Crippen LogP contribution is 2.13.